The number of rotatable bonds is 5. The maximum atomic E-state index is 6.11. The molecule has 0 aliphatic heterocycles. The number of ether oxygens (including phenoxy) is 2. The summed E-state index contributed by atoms with van der Waals surface area (Å²) in [5, 5.41) is 3.90. The van der Waals surface area contributed by atoms with Crippen LogP contribution >= 0.6 is 34.2 Å². The first-order valence-electron chi connectivity index (χ1n) is 6.17. The van der Waals surface area contributed by atoms with Crippen LogP contribution in [0.15, 0.2) is 24.4 Å². The molecule has 0 saturated heterocycles. The summed E-state index contributed by atoms with van der Waals surface area (Å²) in [6.45, 7) is 0. The van der Waals surface area contributed by atoms with Gasteiger partial charge in [0.2, 0.25) is 11.8 Å². The van der Waals surface area contributed by atoms with Crippen LogP contribution in [0.1, 0.15) is 17.3 Å². The standard InChI is InChI=1S/C14H15ClIN3O2/c1-17-12(9-6-8(15)4-5-10(9)16)13-14(21-3)19-11(20-2)7-18-13/h4-7,12,17H,1-3H3. The fraction of sp³-hybridized carbons (Fsp3) is 0.286. The Hall–Kier alpha value is -1.12. The monoisotopic (exact) mass is 419 g/mol. The molecule has 21 heavy (non-hydrogen) atoms. The van der Waals surface area contributed by atoms with E-state index in [1.54, 1.807) is 20.4 Å². The van der Waals surface area contributed by atoms with Crippen molar-refractivity contribution < 1.29 is 9.47 Å². The van der Waals surface area contributed by atoms with Crippen molar-refractivity contribution in [1.29, 1.82) is 0 Å². The van der Waals surface area contributed by atoms with Gasteiger partial charge in [-0.05, 0) is 53.4 Å². The molecule has 1 unspecified atom stereocenters. The van der Waals surface area contributed by atoms with Crippen LogP contribution < -0.4 is 14.8 Å². The molecule has 0 aliphatic rings. The first kappa shape index (κ1) is 16.3. The Morgan fingerprint density at radius 3 is 2.67 bits per heavy atom. The zero-order valence-electron chi connectivity index (χ0n) is 11.9. The molecule has 7 heteroatoms. The summed E-state index contributed by atoms with van der Waals surface area (Å²) >= 11 is 8.38. The predicted octanol–water partition coefficient (Wildman–Crippen LogP) is 3.06. The predicted molar refractivity (Wildman–Crippen MR) is 90.2 cm³/mol. The van der Waals surface area contributed by atoms with Gasteiger partial charge in [-0.3, -0.25) is 0 Å². The molecule has 1 aromatic heterocycles. The average molecular weight is 420 g/mol. The zero-order valence-corrected chi connectivity index (χ0v) is 14.8. The summed E-state index contributed by atoms with van der Waals surface area (Å²) in [5.74, 6) is 0.829. The van der Waals surface area contributed by atoms with Crippen molar-refractivity contribution in [2.24, 2.45) is 0 Å². The van der Waals surface area contributed by atoms with Crippen LogP contribution in [0, 0.1) is 3.57 Å². The number of aromatic nitrogens is 2. The second-order valence-electron chi connectivity index (χ2n) is 4.19. The molecule has 1 aromatic carbocycles. The number of hydrogen-bond acceptors (Lipinski definition) is 5. The highest BCUT2D eigenvalue weighted by Gasteiger charge is 2.22. The molecule has 1 N–H and O–H groups in total. The van der Waals surface area contributed by atoms with E-state index in [1.165, 1.54) is 0 Å². The number of methoxy groups -OCH3 is 2. The molecule has 0 amide bonds. The van der Waals surface area contributed by atoms with Gasteiger partial charge >= 0.3 is 0 Å². The van der Waals surface area contributed by atoms with Crippen LogP contribution in [0.2, 0.25) is 5.02 Å². The van der Waals surface area contributed by atoms with Gasteiger partial charge in [0.15, 0.2) is 0 Å². The van der Waals surface area contributed by atoms with Crippen LogP contribution in [-0.2, 0) is 0 Å². The van der Waals surface area contributed by atoms with Crippen molar-refractivity contribution in [2.45, 2.75) is 6.04 Å². The molecule has 2 rings (SSSR count). The second-order valence-corrected chi connectivity index (χ2v) is 5.79. The van der Waals surface area contributed by atoms with Gasteiger partial charge in [-0.25, -0.2) is 4.98 Å². The maximum Gasteiger partial charge on any atom is 0.240 e. The Bertz CT molecular complexity index is 640. The highest BCUT2D eigenvalue weighted by atomic mass is 127. The summed E-state index contributed by atoms with van der Waals surface area (Å²) in [6, 6.07) is 5.56. The van der Waals surface area contributed by atoms with E-state index in [0.717, 1.165) is 9.13 Å². The van der Waals surface area contributed by atoms with Crippen LogP contribution in [0.5, 0.6) is 11.8 Å². The van der Waals surface area contributed by atoms with Gasteiger partial charge in [0.1, 0.15) is 5.69 Å². The third-order valence-corrected chi connectivity index (χ3v) is 4.20. The van der Waals surface area contributed by atoms with Crippen molar-refractivity contribution in [2.75, 3.05) is 21.3 Å². The largest absolute Gasteiger partial charge is 0.480 e. The summed E-state index contributed by atoms with van der Waals surface area (Å²) in [7, 11) is 4.95. The Kier molecular flexibility index (Phi) is 5.60. The zero-order chi connectivity index (χ0) is 15.4. The van der Waals surface area contributed by atoms with Gasteiger partial charge in [-0.15, -0.1) is 0 Å². The van der Waals surface area contributed by atoms with Gasteiger partial charge in [0, 0.05) is 8.59 Å². The van der Waals surface area contributed by atoms with Gasteiger partial charge < -0.3 is 14.8 Å². The van der Waals surface area contributed by atoms with Gasteiger partial charge in [-0.2, -0.15) is 4.98 Å². The third kappa shape index (κ3) is 3.56. The van der Waals surface area contributed by atoms with Crippen molar-refractivity contribution >= 4 is 34.2 Å². The molecule has 0 spiro atoms. The highest BCUT2D eigenvalue weighted by Crippen LogP contribution is 2.32. The van der Waals surface area contributed by atoms with Crippen LogP contribution in [0.4, 0.5) is 0 Å². The highest BCUT2D eigenvalue weighted by molar-refractivity contribution is 14.1. The molecular weight excluding hydrogens is 405 g/mol. The summed E-state index contributed by atoms with van der Waals surface area (Å²) in [6.07, 6.45) is 1.57. The molecule has 0 saturated carbocycles. The smallest absolute Gasteiger partial charge is 0.240 e. The first-order chi connectivity index (χ1) is 10.1. The minimum atomic E-state index is -0.177. The molecular formula is C14H15ClIN3O2. The van der Waals surface area contributed by atoms with E-state index in [9.17, 15) is 0 Å². The fourth-order valence-electron chi connectivity index (χ4n) is 1.99. The Morgan fingerprint density at radius 1 is 1.29 bits per heavy atom. The molecule has 112 valence electrons. The lowest BCUT2D eigenvalue weighted by Gasteiger charge is -2.19. The van der Waals surface area contributed by atoms with E-state index in [0.29, 0.717) is 22.5 Å². The molecule has 0 aliphatic carbocycles. The van der Waals surface area contributed by atoms with Crippen molar-refractivity contribution in [3.63, 3.8) is 0 Å². The van der Waals surface area contributed by atoms with Gasteiger partial charge in [-0.1, -0.05) is 11.6 Å². The maximum absolute atomic E-state index is 6.11. The normalized spacial score (nSPS) is 12.0. The number of hydrogen-bond donors (Lipinski definition) is 1. The quantitative estimate of drug-likeness (QED) is 0.755. The Morgan fingerprint density at radius 2 is 2.05 bits per heavy atom. The molecule has 5 nitrogen and oxygen atoms in total. The Labute approximate surface area is 142 Å². The lowest BCUT2D eigenvalue weighted by molar-refractivity contribution is 0.353. The molecule has 0 radical (unpaired) electrons. The average Bonchev–Trinajstić information content (AvgIpc) is 2.51. The molecule has 2 aromatic rings. The van der Waals surface area contributed by atoms with E-state index in [4.69, 9.17) is 21.1 Å². The third-order valence-electron chi connectivity index (χ3n) is 2.98. The van der Waals surface area contributed by atoms with E-state index in [1.807, 2.05) is 25.2 Å². The Balaban J connectivity index is 2.53. The van der Waals surface area contributed by atoms with E-state index < -0.39 is 0 Å². The number of benzene rings is 1. The van der Waals surface area contributed by atoms with Crippen molar-refractivity contribution in [1.82, 2.24) is 15.3 Å². The van der Waals surface area contributed by atoms with Crippen LogP contribution in [-0.4, -0.2) is 31.2 Å². The molecule has 1 atom stereocenters. The van der Waals surface area contributed by atoms with Crippen molar-refractivity contribution in [3.05, 3.63) is 44.2 Å². The number of nitrogens with one attached hydrogen (secondary N) is 1. The van der Waals surface area contributed by atoms with Gasteiger partial charge in [0.25, 0.3) is 0 Å². The minimum absolute atomic E-state index is 0.177. The molecule has 0 bridgehead atoms. The lowest BCUT2D eigenvalue weighted by Crippen LogP contribution is -2.21. The SMILES string of the molecule is CNC(c1cc(Cl)ccc1I)c1ncc(OC)nc1OC. The van der Waals surface area contributed by atoms with Crippen LogP contribution in [0.3, 0.4) is 0 Å². The summed E-state index contributed by atoms with van der Waals surface area (Å²) < 4.78 is 11.5. The topological polar surface area (TPSA) is 56.3 Å². The number of nitrogens with zero attached hydrogens (tertiary/aromatic N) is 2. The van der Waals surface area contributed by atoms with E-state index >= 15 is 0 Å². The second kappa shape index (κ2) is 7.24. The summed E-state index contributed by atoms with van der Waals surface area (Å²) in [4.78, 5) is 8.69. The van der Waals surface area contributed by atoms with Crippen LogP contribution in [0.25, 0.3) is 0 Å². The van der Waals surface area contributed by atoms with E-state index in [2.05, 4.69) is 37.9 Å². The minimum Gasteiger partial charge on any atom is -0.480 e. The first-order valence-corrected chi connectivity index (χ1v) is 7.63. The van der Waals surface area contributed by atoms with Gasteiger partial charge in [0.05, 0.1) is 26.5 Å². The fourth-order valence-corrected chi connectivity index (χ4v) is 2.82. The summed E-state index contributed by atoms with van der Waals surface area (Å²) in [5.41, 5.74) is 1.70. The van der Waals surface area contributed by atoms with Crippen molar-refractivity contribution in [3.8, 4) is 11.8 Å². The number of halogens is 2. The molecule has 1 heterocycles. The van der Waals surface area contributed by atoms with E-state index in [-0.39, 0.29) is 6.04 Å². The molecule has 0 fully saturated rings. The lowest BCUT2D eigenvalue weighted by atomic mass is 10.0.